The van der Waals surface area contributed by atoms with Crippen molar-refractivity contribution >= 4 is 17.6 Å². The van der Waals surface area contributed by atoms with Gasteiger partial charge in [0, 0.05) is 11.6 Å². The molecule has 2 aromatic rings. The molecule has 29 heavy (non-hydrogen) atoms. The molecule has 0 radical (unpaired) electrons. The van der Waals surface area contributed by atoms with Crippen molar-refractivity contribution < 1.29 is 14.3 Å². The van der Waals surface area contributed by atoms with Gasteiger partial charge in [-0.1, -0.05) is 35.9 Å². The van der Waals surface area contributed by atoms with Crippen LogP contribution in [0.2, 0.25) is 5.02 Å². The Bertz CT molecular complexity index is 770. The summed E-state index contributed by atoms with van der Waals surface area (Å²) in [7, 11) is 0. The number of ether oxygens (including phenoxy) is 2. The molecule has 1 aliphatic rings. The molecule has 156 valence electrons. The molecule has 0 N–H and O–H groups in total. The van der Waals surface area contributed by atoms with Crippen LogP contribution in [0.25, 0.3) is 0 Å². The van der Waals surface area contributed by atoms with Gasteiger partial charge in [-0.3, -0.25) is 9.69 Å². The molecule has 1 aliphatic heterocycles. The fraction of sp³-hybridized carbons (Fsp3) is 0.458. The summed E-state index contributed by atoms with van der Waals surface area (Å²) in [4.78, 5) is 14.1. The fourth-order valence-electron chi connectivity index (χ4n) is 3.78. The van der Waals surface area contributed by atoms with Crippen LogP contribution in [0.1, 0.15) is 30.9 Å². The normalized spacial score (nSPS) is 15.2. The van der Waals surface area contributed by atoms with E-state index in [4.69, 9.17) is 21.1 Å². The summed E-state index contributed by atoms with van der Waals surface area (Å²) in [6.45, 7) is 6.04. The van der Waals surface area contributed by atoms with Gasteiger partial charge in [0.2, 0.25) is 0 Å². The van der Waals surface area contributed by atoms with E-state index in [-0.39, 0.29) is 12.4 Å². The number of hydrogen-bond donors (Lipinski definition) is 0. The molecule has 0 bridgehead atoms. The van der Waals surface area contributed by atoms with Gasteiger partial charge in [-0.2, -0.15) is 0 Å². The monoisotopic (exact) mass is 415 g/mol. The van der Waals surface area contributed by atoms with E-state index < -0.39 is 0 Å². The first kappa shape index (κ1) is 21.7. The first-order valence-corrected chi connectivity index (χ1v) is 10.8. The Morgan fingerprint density at radius 1 is 1.10 bits per heavy atom. The second-order valence-electron chi connectivity index (χ2n) is 7.59. The lowest BCUT2D eigenvalue weighted by Gasteiger charge is -2.31. The van der Waals surface area contributed by atoms with Crippen molar-refractivity contribution in [3.05, 3.63) is 64.7 Å². The summed E-state index contributed by atoms with van der Waals surface area (Å²) in [5.74, 6) is 1.35. The highest BCUT2D eigenvalue weighted by molar-refractivity contribution is 6.30. The van der Waals surface area contributed by atoms with Crippen molar-refractivity contribution in [3.8, 4) is 5.75 Å². The van der Waals surface area contributed by atoms with Crippen LogP contribution in [0.3, 0.4) is 0 Å². The molecular formula is C24H30ClNO3. The zero-order valence-corrected chi connectivity index (χ0v) is 17.9. The number of rotatable bonds is 9. The molecule has 0 aliphatic carbocycles. The fourth-order valence-corrected chi connectivity index (χ4v) is 3.91. The first-order valence-electron chi connectivity index (χ1n) is 10.5. The first-order chi connectivity index (χ1) is 14.1. The number of likely N-dealkylation sites (tertiary alicyclic amines) is 1. The van der Waals surface area contributed by atoms with Crippen LogP contribution in [0.5, 0.6) is 5.75 Å². The molecule has 5 heteroatoms. The lowest BCUT2D eigenvalue weighted by atomic mass is 9.90. The van der Waals surface area contributed by atoms with Crippen molar-refractivity contribution in [2.75, 3.05) is 32.8 Å². The quantitative estimate of drug-likeness (QED) is 0.552. The largest absolute Gasteiger partial charge is 0.492 e. The Morgan fingerprint density at radius 2 is 1.86 bits per heavy atom. The van der Waals surface area contributed by atoms with Crippen LogP contribution >= 0.6 is 11.6 Å². The number of benzene rings is 2. The van der Waals surface area contributed by atoms with E-state index in [0.717, 1.165) is 48.3 Å². The number of hydrogen-bond acceptors (Lipinski definition) is 4. The van der Waals surface area contributed by atoms with Crippen molar-refractivity contribution in [1.29, 1.82) is 0 Å². The van der Waals surface area contributed by atoms with E-state index in [1.807, 2.05) is 43.3 Å². The maximum atomic E-state index is 11.6. The van der Waals surface area contributed by atoms with Crippen molar-refractivity contribution in [2.24, 2.45) is 5.92 Å². The zero-order valence-electron chi connectivity index (χ0n) is 17.1. The van der Waals surface area contributed by atoms with Crippen LogP contribution in [0.4, 0.5) is 0 Å². The van der Waals surface area contributed by atoms with Gasteiger partial charge in [0.25, 0.3) is 0 Å². The van der Waals surface area contributed by atoms with Crippen LogP contribution in [0.15, 0.2) is 48.5 Å². The van der Waals surface area contributed by atoms with Crippen molar-refractivity contribution in [1.82, 2.24) is 4.90 Å². The van der Waals surface area contributed by atoms with E-state index in [1.54, 1.807) is 0 Å². The van der Waals surface area contributed by atoms with E-state index >= 15 is 0 Å². The summed E-state index contributed by atoms with van der Waals surface area (Å²) in [6, 6.07) is 15.9. The Balaban J connectivity index is 1.36. The smallest absolute Gasteiger partial charge is 0.310 e. The van der Waals surface area contributed by atoms with Gasteiger partial charge in [-0.15, -0.1) is 0 Å². The predicted molar refractivity (Wildman–Crippen MR) is 117 cm³/mol. The average molecular weight is 416 g/mol. The Labute approximate surface area is 178 Å². The van der Waals surface area contributed by atoms with Gasteiger partial charge in [-0.25, -0.2) is 0 Å². The van der Waals surface area contributed by atoms with Gasteiger partial charge in [-0.05, 0) is 80.6 Å². The molecule has 0 spiro atoms. The number of carbonyl (C=O) groups excluding carboxylic acids is 1. The minimum absolute atomic E-state index is 0.203. The molecule has 1 heterocycles. The summed E-state index contributed by atoms with van der Waals surface area (Å²) in [5, 5.41) is 0.801. The number of halogens is 1. The van der Waals surface area contributed by atoms with E-state index in [2.05, 4.69) is 17.0 Å². The number of nitrogens with zero attached hydrogens (tertiary/aromatic N) is 1. The summed E-state index contributed by atoms with van der Waals surface area (Å²) in [5.41, 5.74) is 2.29. The zero-order chi connectivity index (χ0) is 20.5. The van der Waals surface area contributed by atoms with Gasteiger partial charge in [0.05, 0.1) is 13.0 Å². The molecule has 0 atom stereocenters. The maximum Gasteiger partial charge on any atom is 0.310 e. The van der Waals surface area contributed by atoms with Crippen LogP contribution in [-0.2, 0) is 22.4 Å². The second-order valence-corrected chi connectivity index (χ2v) is 8.03. The standard InChI is InChI=1S/C24H30ClNO3/c1-2-28-24(27)18-21-4-3-5-23(17-21)29-15-14-26-12-10-20(11-13-26)16-19-6-8-22(25)9-7-19/h3-9,17,20H,2,10-16,18H2,1H3. The topological polar surface area (TPSA) is 38.8 Å². The van der Waals surface area contributed by atoms with E-state index in [9.17, 15) is 4.79 Å². The predicted octanol–water partition coefficient (Wildman–Crippen LogP) is 4.78. The number of carbonyl (C=O) groups is 1. The molecule has 0 amide bonds. The molecule has 1 saturated heterocycles. The molecule has 1 fully saturated rings. The number of piperidine rings is 1. The molecule has 0 saturated carbocycles. The van der Waals surface area contributed by atoms with Gasteiger partial charge in [0.15, 0.2) is 0 Å². The Kier molecular flexibility index (Phi) is 8.38. The van der Waals surface area contributed by atoms with Crippen molar-refractivity contribution in [2.45, 2.75) is 32.6 Å². The average Bonchev–Trinajstić information content (AvgIpc) is 2.71. The molecule has 0 unspecified atom stereocenters. The second kappa shape index (κ2) is 11.2. The molecular weight excluding hydrogens is 386 g/mol. The highest BCUT2D eigenvalue weighted by Crippen LogP contribution is 2.22. The molecule has 2 aromatic carbocycles. The maximum absolute atomic E-state index is 11.6. The molecule has 0 aromatic heterocycles. The lowest BCUT2D eigenvalue weighted by molar-refractivity contribution is -0.142. The van der Waals surface area contributed by atoms with Crippen LogP contribution in [-0.4, -0.2) is 43.7 Å². The van der Waals surface area contributed by atoms with E-state index in [1.165, 1.54) is 18.4 Å². The van der Waals surface area contributed by atoms with Gasteiger partial charge < -0.3 is 9.47 Å². The summed E-state index contributed by atoms with van der Waals surface area (Å²) in [6.07, 6.45) is 3.86. The highest BCUT2D eigenvalue weighted by Gasteiger charge is 2.19. The third kappa shape index (κ3) is 7.37. The third-order valence-corrected chi connectivity index (χ3v) is 5.63. The Morgan fingerprint density at radius 3 is 2.59 bits per heavy atom. The van der Waals surface area contributed by atoms with Gasteiger partial charge >= 0.3 is 5.97 Å². The Hall–Kier alpha value is -2.04. The molecule has 3 rings (SSSR count). The van der Waals surface area contributed by atoms with Crippen LogP contribution in [0, 0.1) is 5.92 Å². The summed E-state index contributed by atoms with van der Waals surface area (Å²) < 4.78 is 10.9. The SMILES string of the molecule is CCOC(=O)Cc1cccc(OCCN2CCC(Cc3ccc(Cl)cc3)CC2)c1. The minimum atomic E-state index is -0.203. The van der Waals surface area contributed by atoms with E-state index in [0.29, 0.717) is 13.2 Å². The summed E-state index contributed by atoms with van der Waals surface area (Å²) >= 11 is 5.97. The van der Waals surface area contributed by atoms with Gasteiger partial charge in [0.1, 0.15) is 12.4 Å². The number of esters is 1. The minimum Gasteiger partial charge on any atom is -0.492 e. The lowest BCUT2D eigenvalue weighted by Crippen LogP contribution is -2.37. The third-order valence-electron chi connectivity index (χ3n) is 5.37. The highest BCUT2D eigenvalue weighted by atomic mass is 35.5. The molecule has 4 nitrogen and oxygen atoms in total. The van der Waals surface area contributed by atoms with Crippen molar-refractivity contribution in [3.63, 3.8) is 0 Å². The van der Waals surface area contributed by atoms with Crippen LogP contribution < -0.4 is 4.74 Å².